The molecule has 2 aromatic rings. The molecule has 0 aliphatic rings. The number of hydrogen-bond donors (Lipinski definition) is 2. The maximum Gasteiger partial charge on any atom is 0.244 e. The van der Waals surface area contributed by atoms with E-state index in [9.17, 15) is 8.42 Å². The van der Waals surface area contributed by atoms with E-state index in [4.69, 9.17) is 0 Å². The average molecular weight is 370 g/mol. The Morgan fingerprint density at radius 3 is 2.71 bits per heavy atom. The highest BCUT2D eigenvalue weighted by molar-refractivity contribution is 9.10. The lowest BCUT2D eigenvalue weighted by Crippen LogP contribution is -2.27. The van der Waals surface area contributed by atoms with Gasteiger partial charge in [0.1, 0.15) is 4.90 Å². The molecule has 1 atom stereocenters. The summed E-state index contributed by atoms with van der Waals surface area (Å²) < 4.78 is 28.5. The van der Waals surface area contributed by atoms with E-state index in [0.717, 1.165) is 10.0 Å². The van der Waals surface area contributed by atoms with Gasteiger partial charge < -0.3 is 5.32 Å². The zero-order valence-corrected chi connectivity index (χ0v) is 14.1. The molecule has 0 spiro atoms. The van der Waals surface area contributed by atoms with E-state index < -0.39 is 10.0 Å². The SMILES string of the molecule is CNc1ccncc1S(=O)(=O)NC(C)c1cccc(Br)c1. The number of pyridine rings is 1. The first kappa shape index (κ1) is 15.9. The van der Waals surface area contributed by atoms with Crippen LogP contribution in [0.25, 0.3) is 0 Å². The van der Waals surface area contributed by atoms with Crippen molar-refractivity contribution in [2.45, 2.75) is 17.9 Å². The summed E-state index contributed by atoms with van der Waals surface area (Å²) in [7, 11) is -1.98. The number of hydrogen-bond acceptors (Lipinski definition) is 4. The standard InChI is InChI=1S/C14H16BrN3O2S/c1-10(11-4-3-5-12(15)8-11)18-21(19,20)14-9-17-7-6-13(14)16-2/h3-10,18H,1-2H3,(H,16,17). The Hall–Kier alpha value is -1.44. The molecular weight excluding hydrogens is 354 g/mol. The van der Waals surface area contributed by atoms with Crippen molar-refractivity contribution < 1.29 is 8.42 Å². The zero-order valence-electron chi connectivity index (χ0n) is 11.7. The minimum absolute atomic E-state index is 0.134. The number of nitrogens with zero attached hydrogens (tertiary/aromatic N) is 1. The second-order valence-corrected chi connectivity index (χ2v) is 7.12. The average Bonchev–Trinajstić information content (AvgIpc) is 2.46. The van der Waals surface area contributed by atoms with Gasteiger partial charge in [-0.25, -0.2) is 13.1 Å². The van der Waals surface area contributed by atoms with Crippen molar-refractivity contribution in [2.75, 3.05) is 12.4 Å². The second kappa shape index (κ2) is 6.55. The first-order valence-corrected chi connectivity index (χ1v) is 8.61. The van der Waals surface area contributed by atoms with Crippen LogP contribution in [0.15, 0.2) is 52.1 Å². The summed E-state index contributed by atoms with van der Waals surface area (Å²) in [5.41, 5.74) is 1.39. The van der Waals surface area contributed by atoms with Crippen LogP contribution < -0.4 is 10.0 Å². The van der Waals surface area contributed by atoms with Crippen LogP contribution in [0.5, 0.6) is 0 Å². The molecule has 0 radical (unpaired) electrons. The molecule has 0 aliphatic heterocycles. The fourth-order valence-electron chi connectivity index (χ4n) is 1.94. The molecule has 21 heavy (non-hydrogen) atoms. The highest BCUT2D eigenvalue weighted by Crippen LogP contribution is 2.23. The topological polar surface area (TPSA) is 71.1 Å². The summed E-state index contributed by atoms with van der Waals surface area (Å²) >= 11 is 3.38. The molecule has 1 heterocycles. The van der Waals surface area contributed by atoms with Gasteiger partial charge in [0.2, 0.25) is 10.0 Å². The molecule has 1 aromatic heterocycles. The van der Waals surface area contributed by atoms with E-state index in [2.05, 4.69) is 31.0 Å². The van der Waals surface area contributed by atoms with Gasteiger partial charge in [-0.3, -0.25) is 4.98 Å². The Morgan fingerprint density at radius 2 is 2.05 bits per heavy atom. The Labute approximate surface area is 133 Å². The predicted octanol–water partition coefficient (Wildman–Crippen LogP) is 2.93. The lowest BCUT2D eigenvalue weighted by atomic mass is 10.1. The lowest BCUT2D eigenvalue weighted by molar-refractivity contribution is 0.567. The maximum atomic E-state index is 12.5. The molecule has 1 unspecified atom stereocenters. The van der Waals surface area contributed by atoms with E-state index >= 15 is 0 Å². The predicted molar refractivity (Wildman–Crippen MR) is 86.7 cm³/mol. The molecule has 7 heteroatoms. The molecule has 0 fully saturated rings. The summed E-state index contributed by atoms with van der Waals surface area (Å²) in [5, 5.41) is 2.86. The van der Waals surface area contributed by atoms with Crippen LogP contribution in [-0.2, 0) is 10.0 Å². The minimum Gasteiger partial charge on any atom is -0.387 e. The molecule has 0 saturated heterocycles. The number of rotatable bonds is 5. The number of nitrogens with one attached hydrogen (secondary N) is 2. The fourth-order valence-corrected chi connectivity index (χ4v) is 3.75. The van der Waals surface area contributed by atoms with Crippen LogP contribution in [0.1, 0.15) is 18.5 Å². The number of aromatic nitrogens is 1. The van der Waals surface area contributed by atoms with E-state index in [1.54, 1.807) is 26.2 Å². The van der Waals surface area contributed by atoms with Crippen LogP contribution in [0.3, 0.4) is 0 Å². The van der Waals surface area contributed by atoms with Crippen LogP contribution >= 0.6 is 15.9 Å². The summed E-state index contributed by atoms with van der Waals surface area (Å²) in [4.78, 5) is 4.02. The molecule has 2 rings (SSSR count). The van der Waals surface area contributed by atoms with Crippen molar-refractivity contribution in [3.8, 4) is 0 Å². The van der Waals surface area contributed by atoms with Gasteiger partial charge in [-0.1, -0.05) is 28.1 Å². The number of benzene rings is 1. The normalized spacial score (nSPS) is 12.9. The van der Waals surface area contributed by atoms with Crippen molar-refractivity contribution in [2.24, 2.45) is 0 Å². The number of halogens is 1. The van der Waals surface area contributed by atoms with Gasteiger partial charge in [-0.05, 0) is 30.7 Å². The summed E-state index contributed by atoms with van der Waals surface area (Å²) in [6, 6.07) is 8.80. The van der Waals surface area contributed by atoms with Gasteiger partial charge in [-0.15, -0.1) is 0 Å². The molecule has 5 nitrogen and oxygen atoms in total. The smallest absolute Gasteiger partial charge is 0.244 e. The molecule has 112 valence electrons. The molecule has 0 bridgehead atoms. The van der Waals surface area contributed by atoms with Gasteiger partial charge in [-0.2, -0.15) is 0 Å². The second-order valence-electron chi connectivity index (χ2n) is 4.52. The highest BCUT2D eigenvalue weighted by atomic mass is 79.9. The summed E-state index contributed by atoms with van der Waals surface area (Å²) in [6.07, 6.45) is 2.88. The monoisotopic (exact) mass is 369 g/mol. The maximum absolute atomic E-state index is 12.5. The molecule has 1 aromatic carbocycles. The van der Waals surface area contributed by atoms with E-state index in [0.29, 0.717) is 5.69 Å². The van der Waals surface area contributed by atoms with Crippen LogP contribution in [0, 0.1) is 0 Å². The van der Waals surface area contributed by atoms with Gasteiger partial charge in [0.05, 0.1) is 5.69 Å². The third-order valence-electron chi connectivity index (χ3n) is 3.02. The van der Waals surface area contributed by atoms with E-state index in [-0.39, 0.29) is 10.9 Å². The van der Waals surface area contributed by atoms with Gasteiger partial charge >= 0.3 is 0 Å². The largest absolute Gasteiger partial charge is 0.387 e. The third kappa shape index (κ3) is 3.81. The number of sulfonamides is 1. The first-order valence-electron chi connectivity index (χ1n) is 6.33. The minimum atomic E-state index is -3.65. The van der Waals surface area contributed by atoms with Crippen LogP contribution in [0.4, 0.5) is 5.69 Å². The quantitative estimate of drug-likeness (QED) is 0.849. The van der Waals surface area contributed by atoms with Crippen molar-refractivity contribution in [3.05, 3.63) is 52.8 Å². The van der Waals surface area contributed by atoms with Crippen molar-refractivity contribution in [1.82, 2.24) is 9.71 Å². The van der Waals surface area contributed by atoms with Crippen molar-refractivity contribution in [3.63, 3.8) is 0 Å². The van der Waals surface area contributed by atoms with Gasteiger partial charge in [0, 0.05) is 30.0 Å². The molecule has 2 N–H and O–H groups in total. The third-order valence-corrected chi connectivity index (χ3v) is 5.09. The van der Waals surface area contributed by atoms with Crippen molar-refractivity contribution >= 4 is 31.6 Å². The summed E-state index contributed by atoms with van der Waals surface area (Å²) in [6.45, 7) is 1.80. The molecule has 0 amide bonds. The zero-order chi connectivity index (χ0) is 15.5. The fraction of sp³-hybridized carbons (Fsp3) is 0.214. The van der Waals surface area contributed by atoms with Gasteiger partial charge in [0.25, 0.3) is 0 Å². The molecule has 0 saturated carbocycles. The Morgan fingerprint density at radius 1 is 1.29 bits per heavy atom. The Balaban J connectivity index is 2.29. The van der Waals surface area contributed by atoms with Crippen molar-refractivity contribution in [1.29, 1.82) is 0 Å². The van der Waals surface area contributed by atoms with Gasteiger partial charge in [0.15, 0.2) is 0 Å². The van der Waals surface area contributed by atoms with Crippen LogP contribution in [0.2, 0.25) is 0 Å². The van der Waals surface area contributed by atoms with Crippen LogP contribution in [-0.4, -0.2) is 20.4 Å². The van der Waals surface area contributed by atoms with E-state index in [1.807, 2.05) is 24.3 Å². The molecular formula is C14H16BrN3O2S. The summed E-state index contributed by atoms with van der Waals surface area (Å²) in [5.74, 6) is 0. The Kier molecular flexibility index (Phi) is 4.97. The molecule has 0 aliphatic carbocycles. The Bertz CT molecular complexity index is 735. The number of anilines is 1. The lowest BCUT2D eigenvalue weighted by Gasteiger charge is -2.16. The van der Waals surface area contributed by atoms with E-state index in [1.165, 1.54) is 6.20 Å². The highest BCUT2D eigenvalue weighted by Gasteiger charge is 2.21. The first-order chi connectivity index (χ1) is 9.94.